The van der Waals surface area contributed by atoms with E-state index in [-0.39, 0.29) is 10.8 Å². The molecular formula is C18H31NO. The second kappa shape index (κ2) is 5.77. The van der Waals surface area contributed by atoms with E-state index in [1.807, 2.05) is 0 Å². The predicted molar refractivity (Wildman–Crippen MR) is 87.5 cm³/mol. The van der Waals surface area contributed by atoms with Gasteiger partial charge in [0.1, 0.15) is 5.75 Å². The van der Waals surface area contributed by atoms with Crippen molar-refractivity contribution in [3.63, 3.8) is 0 Å². The Morgan fingerprint density at radius 2 is 1.55 bits per heavy atom. The van der Waals surface area contributed by atoms with E-state index in [9.17, 15) is 5.11 Å². The molecule has 0 aliphatic carbocycles. The summed E-state index contributed by atoms with van der Waals surface area (Å²) in [5, 5.41) is 14.0. The van der Waals surface area contributed by atoms with E-state index in [4.69, 9.17) is 0 Å². The number of aromatic hydroxyl groups is 1. The standard InChI is InChI=1S/C18H31NO/c1-12(2)19-11-13-9-14(17(3,4)5)10-15(16(13)20)18(6,7)8/h9-10,12,19-20H,11H2,1-8H3. The summed E-state index contributed by atoms with van der Waals surface area (Å²) in [6.07, 6.45) is 0. The molecule has 2 heteroatoms. The second-order valence-corrected chi connectivity index (χ2v) is 8.07. The van der Waals surface area contributed by atoms with Gasteiger partial charge in [-0.25, -0.2) is 0 Å². The Morgan fingerprint density at radius 3 is 1.95 bits per heavy atom. The van der Waals surface area contributed by atoms with Gasteiger partial charge in [-0.3, -0.25) is 0 Å². The molecule has 0 saturated carbocycles. The lowest BCUT2D eigenvalue weighted by Crippen LogP contribution is -2.23. The molecule has 0 fully saturated rings. The summed E-state index contributed by atoms with van der Waals surface area (Å²) in [5.74, 6) is 0.443. The van der Waals surface area contributed by atoms with Crippen LogP contribution in [0, 0.1) is 0 Å². The Kier molecular flexibility index (Phi) is 4.91. The van der Waals surface area contributed by atoms with Crippen LogP contribution in [0.15, 0.2) is 12.1 Å². The zero-order chi connectivity index (χ0) is 15.7. The van der Waals surface area contributed by atoms with E-state index < -0.39 is 0 Å². The van der Waals surface area contributed by atoms with Crippen LogP contribution < -0.4 is 5.32 Å². The third-order valence-electron chi connectivity index (χ3n) is 3.56. The van der Waals surface area contributed by atoms with Crippen molar-refractivity contribution in [2.24, 2.45) is 0 Å². The first-order chi connectivity index (χ1) is 8.93. The maximum atomic E-state index is 10.6. The van der Waals surface area contributed by atoms with E-state index in [1.54, 1.807) is 0 Å². The molecule has 0 unspecified atom stereocenters. The van der Waals surface area contributed by atoms with Gasteiger partial charge in [-0.05, 0) is 22.0 Å². The molecule has 0 atom stereocenters. The number of hydrogen-bond acceptors (Lipinski definition) is 2. The highest BCUT2D eigenvalue weighted by molar-refractivity contribution is 5.48. The Labute approximate surface area is 124 Å². The van der Waals surface area contributed by atoms with Crippen LogP contribution in [-0.2, 0) is 17.4 Å². The Hall–Kier alpha value is -1.02. The van der Waals surface area contributed by atoms with Gasteiger partial charge in [-0.1, -0.05) is 67.5 Å². The molecule has 114 valence electrons. The highest BCUT2D eigenvalue weighted by atomic mass is 16.3. The van der Waals surface area contributed by atoms with Crippen molar-refractivity contribution in [1.29, 1.82) is 0 Å². The minimum Gasteiger partial charge on any atom is -0.507 e. The highest BCUT2D eigenvalue weighted by Crippen LogP contribution is 2.37. The van der Waals surface area contributed by atoms with Crippen LogP contribution in [0.3, 0.4) is 0 Å². The summed E-state index contributed by atoms with van der Waals surface area (Å²) in [6, 6.07) is 4.71. The number of benzene rings is 1. The number of hydrogen-bond donors (Lipinski definition) is 2. The maximum absolute atomic E-state index is 10.6. The molecule has 0 aliphatic rings. The molecule has 1 rings (SSSR count). The second-order valence-electron chi connectivity index (χ2n) is 8.07. The quantitative estimate of drug-likeness (QED) is 0.853. The van der Waals surface area contributed by atoms with Gasteiger partial charge in [0.05, 0.1) is 0 Å². The van der Waals surface area contributed by atoms with Gasteiger partial charge in [0.15, 0.2) is 0 Å². The first-order valence-electron chi connectivity index (χ1n) is 7.53. The lowest BCUT2D eigenvalue weighted by Gasteiger charge is -2.27. The Morgan fingerprint density at radius 1 is 1.00 bits per heavy atom. The van der Waals surface area contributed by atoms with Crippen molar-refractivity contribution in [1.82, 2.24) is 5.32 Å². The van der Waals surface area contributed by atoms with Gasteiger partial charge in [0.2, 0.25) is 0 Å². The summed E-state index contributed by atoms with van der Waals surface area (Å²) in [6.45, 7) is 18.0. The van der Waals surface area contributed by atoms with Crippen molar-refractivity contribution in [3.05, 3.63) is 28.8 Å². The van der Waals surface area contributed by atoms with Gasteiger partial charge in [-0.2, -0.15) is 0 Å². The lowest BCUT2D eigenvalue weighted by molar-refractivity contribution is 0.433. The summed E-state index contributed by atoms with van der Waals surface area (Å²) in [4.78, 5) is 0. The van der Waals surface area contributed by atoms with Gasteiger partial charge < -0.3 is 10.4 Å². The number of phenols is 1. The zero-order valence-corrected chi connectivity index (χ0v) is 14.4. The summed E-state index contributed by atoms with van der Waals surface area (Å²) >= 11 is 0. The molecule has 0 aromatic heterocycles. The zero-order valence-electron chi connectivity index (χ0n) is 14.4. The maximum Gasteiger partial charge on any atom is 0.123 e. The molecule has 2 N–H and O–H groups in total. The molecule has 20 heavy (non-hydrogen) atoms. The Bertz CT molecular complexity index is 462. The van der Waals surface area contributed by atoms with Gasteiger partial charge in [-0.15, -0.1) is 0 Å². The topological polar surface area (TPSA) is 32.3 Å². The predicted octanol–water partition coefficient (Wildman–Crippen LogP) is 4.49. The van der Waals surface area contributed by atoms with Gasteiger partial charge >= 0.3 is 0 Å². The van der Waals surface area contributed by atoms with Crippen molar-refractivity contribution < 1.29 is 5.11 Å². The van der Waals surface area contributed by atoms with E-state index in [0.717, 1.165) is 11.1 Å². The van der Waals surface area contributed by atoms with Crippen molar-refractivity contribution in [2.45, 2.75) is 78.8 Å². The molecule has 1 aromatic rings. The molecular weight excluding hydrogens is 246 g/mol. The Balaban J connectivity index is 3.35. The molecule has 0 aliphatic heterocycles. The van der Waals surface area contributed by atoms with Crippen LogP contribution in [0.25, 0.3) is 0 Å². The molecule has 2 nitrogen and oxygen atoms in total. The van der Waals surface area contributed by atoms with E-state index >= 15 is 0 Å². The van der Waals surface area contributed by atoms with Crippen LogP contribution in [-0.4, -0.2) is 11.1 Å². The van der Waals surface area contributed by atoms with Gasteiger partial charge in [0, 0.05) is 18.2 Å². The largest absolute Gasteiger partial charge is 0.507 e. The first kappa shape index (κ1) is 17.0. The fourth-order valence-electron chi connectivity index (χ4n) is 2.15. The van der Waals surface area contributed by atoms with E-state index in [1.165, 1.54) is 5.56 Å². The lowest BCUT2D eigenvalue weighted by atomic mass is 9.79. The third kappa shape index (κ3) is 4.24. The minimum atomic E-state index is -0.0576. The summed E-state index contributed by atoms with van der Waals surface area (Å²) in [5.41, 5.74) is 3.33. The van der Waals surface area contributed by atoms with E-state index in [2.05, 4.69) is 72.8 Å². The number of phenolic OH excluding ortho intramolecular Hbond substituents is 1. The molecule has 0 bridgehead atoms. The molecule has 0 spiro atoms. The molecule has 0 amide bonds. The highest BCUT2D eigenvalue weighted by Gasteiger charge is 2.24. The van der Waals surface area contributed by atoms with Gasteiger partial charge in [0.25, 0.3) is 0 Å². The minimum absolute atomic E-state index is 0.0576. The van der Waals surface area contributed by atoms with Crippen LogP contribution in [0.5, 0.6) is 5.75 Å². The van der Waals surface area contributed by atoms with Crippen molar-refractivity contribution in [2.75, 3.05) is 0 Å². The fraction of sp³-hybridized carbons (Fsp3) is 0.667. The van der Waals surface area contributed by atoms with E-state index in [0.29, 0.717) is 18.3 Å². The van der Waals surface area contributed by atoms with Crippen LogP contribution in [0.2, 0.25) is 0 Å². The molecule has 0 heterocycles. The average Bonchev–Trinajstić information content (AvgIpc) is 2.24. The third-order valence-corrected chi connectivity index (χ3v) is 3.56. The monoisotopic (exact) mass is 277 g/mol. The molecule has 0 saturated heterocycles. The summed E-state index contributed by atoms with van der Waals surface area (Å²) in [7, 11) is 0. The first-order valence-corrected chi connectivity index (χ1v) is 7.53. The SMILES string of the molecule is CC(C)NCc1cc(C(C)(C)C)cc(C(C)(C)C)c1O. The molecule has 0 radical (unpaired) electrons. The van der Waals surface area contributed by atoms with Crippen LogP contribution in [0.4, 0.5) is 0 Å². The van der Waals surface area contributed by atoms with Crippen molar-refractivity contribution in [3.8, 4) is 5.75 Å². The summed E-state index contributed by atoms with van der Waals surface area (Å²) < 4.78 is 0. The van der Waals surface area contributed by atoms with Crippen LogP contribution >= 0.6 is 0 Å². The number of nitrogens with one attached hydrogen (secondary N) is 1. The molecule has 1 aromatic carbocycles. The normalized spacial score (nSPS) is 13.1. The fourth-order valence-corrected chi connectivity index (χ4v) is 2.15. The smallest absolute Gasteiger partial charge is 0.123 e. The van der Waals surface area contributed by atoms with Crippen molar-refractivity contribution >= 4 is 0 Å². The average molecular weight is 277 g/mol. The van der Waals surface area contributed by atoms with Crippen LogP contribution in [0.1, 0.15) is 72.1 Å². The number of rotatable bonds is 3.